The van der Waals surface area contributed by atoms with E-state index in [4.69, 9.17) is 4.74 Å². The lowest BCUT2D eigenvalue weighted by molar-refractivity contribution is -0.308. The Hall–Kier alpha value is -1.84. The molecular formula is C30H49O4-. The fraction of sp³-hybridized carbons (Fsp3) is 0.733. The molecule has 0 saturated carbocycles. The number of unbranched alkanes of at least 4 members (excludes halogenated alkanes) is 15. The molecular weight excluding hydrogens is 424 g/mol. The van der Waals surface area contributed by atoms with E-state index in [9.17, 15) is 14.7 Å². The molecule has 0 aromatic heterocycles. The molecule has 0 heterocycles. The van der Waals surface area contributed by atoms with E-state index in [1.807, 2.05) is 30.3 Å². The van der Waals surface area contributed by atoms with Gasteiger partial charge in [0.15, 0.2) is 0 Å². The van der Waals surface area contributed by atoms with Crippen molar-refractivity contribution in [1.82, 2.24) is 0 Å². The molecule has 1 rings (SSSR count). The number of carbonyl (C=O) groups is 2. The molecule has 0 N–H and O–H groups in total. The SMILES string of the molecule is CCCCCCCCCCCCCCCCCCC(C)(CC(=O)[O-])C(=O)OCc1ccccc1. The molecule has 1 atom stereocenters. The summed E-state index contributed by atoms with van der Waals surface area (Å²) in [4.78, 5) is 23.9. The van der Waals surface area contributed by atoms with Gasteiger partial charge >= 0.3 is 5.97 Å². The van der Waals surface area contributed by atoms with Gasteiger partial charge in [0.1, 0.15) is 6.61 Å². The van der Waals surface area contributed by atoms with Crippen LogP contribution in [0.2, 0.25) is 0 Å². The number of hydrogen-bond donors (Lipinski definition) is 0. The van der Waals surface area contributed by atoms with Crippen LogP contribution in [0.15, 0.2) is 30.3 Å². The minimum absolute atomic E-state index is 0.168. The second-order valence-corrected chi connectivity index (χ2v) is 10.2. The summed E-state index contributed by atoms with van der Waals surface area (Å²) in [6.07, 6.45) is 20.8. The largest absolute Gasteiger partial charge is 0.550 e. The Morgan fingerprint density at radius 2 is 1.18 bits per heavy atom. The first kappa shape index (κ1) is 30.2. The minimum atomic E-state index is -1.20. The predicted molar refractivity (Wildman–Crippen MR) is 138 cm³/mol. The Bertz CT molecular complexity index is 642. The normalized spacial score (nSPS) is 12.9. The summed E-state index contributed by atoms with van der Waals surface area (Å²) in [5.41, 5.74) is -0.127. The van der Waals surface area contributed by atoms with Crippen LogP contribution in [0.3, 0.4) is 0 Å². The van der Waals surface area contributed by atoms with E-state index in [1.54, 1.807) is 6.92 Å². The Morgan fingerprint density at radius 1 is 0.735 bits per heavy atom. The lowest BCUT2D eigenvalue weighted by Crippen LogP contribution is -2.37. The zero-order chi connectivity index (χ0) is 24.9. The van der Waals surface area contributed by atoms with Gasteiger partial charge < -0.3 is 14.6 Å². The van der Waals surface area contributed by atoms with Gasteiger partial charge in [-0.2, -0.15) is 0 Å². The number of rotatable bonds is 22. The molecule has 0 aliphatic carbocycles. The van der Waals surface area contributed by atoms with Gasteiger partial charge in [0.25, 0.3) is 0 Å². The van der Waals surface area contributed by atoms with Crippen LogP contribution in [0.5, 0.6) is 0 Å². The van der Waals surface area contributed by atoms with Gasteiger partial charge in [0, 0.05) is 12.4 Å². The fourth-order valence-electron chi connectivity index (χ4n) is 4.54. The number of carboxylic acids is 1. The number of hydrogen-bond acceptors (Lipinski definition) is 4. The van der Waals surface area contributed by atoms with E-state index in [1.165, 1.54) is 83.5 Å². The number of carboxylic acid groups (broad SMARTS) is 1. The summed E-state index contributed by atoms with van der Waals surface area (Å²) in [7, 11) is 0. The average molecular weight is 474 g/mol. The van der Waals surface area contributed by atoms with Crippen molar-refractivity contribution in [3.05, 3.63) is 35.9 Å². The highest BCUT2D eigenvalue weighted by molar-refractivity contribution is 5.81. The van der Waals surface area contributed by atoms with Crippen molar-refractivity contribution in [3.63, 3.8) is 0 Å². The van der Waals surface area contributed by atoms with Crippen molar-refractivity contribution >= 4 is 11.9 Å². The molecule has 194 valence electrons. The quantitative estimate of drug-likeness (QED) is 0.129. The molecule has 34 heavy (non-hydrogen) atoms. The molecule has 4 heteroatoms. The average Bonchev–Trinajstić information content (AvgIpc) is 2.82. The molecule has 4 nitrogen and oxygen atoms in total. The number of benzene rings is 1. The van der Waals surface area contributed by atoms with E-state index in [0.717, 1.165) is 24.8 Å². The van der Waals surface area contributed by atoms with Crippen molar-refractivity contribution in [2.45, 2.75) is 136 Å². The van der Waals surface area contributed by atoms with Crippen LogP contribution in [-0.2, 0) is 20.9 Å². The van der Waals surface area contributed by atoms with Crippen LogP contribution in [-0.4, -0.2) is 11.9 Å². The van der Waals surface area contributed by atoms with Gasteiger partial charge in [-0.15, -0.1) is 0 Å². The van der Waals surface area contributed by atoms with Crippen LogP contribution in [0.25, 0.3) is 0 Å². The topological polar surface area (TPSA) is 66.4 Å². The summed E-state index contributed by atoms with van der Waals surface area (Å²) in [5, 5.41) is 11.2. The third-order valence-corrected chi connectivity index (χ3v) is 6.82. The molecule has 0 fully saturated rings. The molecule has 0 aliphatic rings. The fourth-order valence-corrected chi connectivity index (χ4v) is 4.54. The first-order valence-electron chi connectivity index (χ1n) is 13.9. The zero-order valence-electron chi connectivity index (χ0n) is 22.0. The molecule has 1 unspecified atom stereocenters. The number of aliphatic carboxylic acids is 1. The third kappa shape index (κ3) is 15.1. The molecule has 1 aromatic rings. The number of ether oxygens (including phenoxy) is 1. The summed E-state index contributed by atoms with van der Waals surface area (Å²) in [6.45, 7) is 4.13. The van der Waals surface area contributed by atoms with Gasteiger partial charge in [-0.1, -0.05) is 140 Å². The van der Waals surface area contributed by atoms with E-state index in [2.05, 4.69) is 6.92 Å². The van der Waals surface area contributed by atoms with E-state index >= 15 is 0 Å². The summed E-state index contributed by atoms with van der Waals surface area (Å²) >= 11 is 0. The second kappa shape index (κ2) is 19.5. The van der Waals surface area contributed by atoms with Gasteiger partial charge in [0.2, 0.25) is 0 Å². The minimum Gasteiger partial charge on any atom is -0.550 e. The predicted octanol–water partition coefficient (Wildman–Crippen LogP) is 7.53. The lowest BCUT2D eigenvalue weighted by atomic mass is 9.81. The number of carbonyl (C=O) groups excluding carboxylic acids is 2. The standard InChI is InChI=1S/C30H50O4/c1-3-4-5-6-7-8-9-10-11-12-13-14-15-16-17-21-24-30(2,25-28(31)32)29(33)34-26-27-22-19-18-20-23-27/h18-20,22-23H,3-17,21,24-26H2,1-2H3,(H,31,32)/p-1. The zero-order valence-corrected chi connectivity index (χ0v) is 22.0. The first-order chi connectivity index (χ1) is 16.5. The molecule has 0 spiro atoms. The smallest absolute Gasteiger partial charge is 0.312 e. The maximum absolute atomic E-state index is 12.7. The summed E-state index contributed by atoms with van der Waals surface area (Å²) in [6, 6.07) is 9.46. The molecule has 1 aromatic carbocycles. The van der Waals surface area contributed by atoms with E-state index < -0.39 is 17.4 Å². The highest BCUT2D eigenvalue weighted by Crippen LogP contribution is 2.31. The summed E-state index contributed by atoms with van der Waals surface area (Å²) < 4.78 is 5.44. The molecule has 0 amide bonds. The van der Waals surface area contributed by atoms with Gasteiger partial charge in [0.05, 0.1) is 5.41 Å². The number of esters is 1. The van der Waals surface area contributed by atoms with E-state index in [-0.39, 0.29) is 13.0 Å². The van der Waals surface area contributed by atoms with E-state index in [0.29, 0.717) is 6.42 Å². The van der Waals surface area contributed by atoms with Crippen LogP contribution in [0, 0.1) is 5.41 Å². The maximum atomic E-state index is 12.7. The van der Waals surface area contributed by atoms with Gasteiger partial charge in [-0.05, 0) is 18.9 Å². The van der Waals surface area contributed by atoms with Crippen molar-refractivity contribution in [2.75, 3.05) is 0 Å². The Balaban J connectivity index is 2.09. The van der Waals surface area contributed by atoms with Crippen LogP contribution in [0.1, 0.15) is 135 Å². The lowest BCUT2D eigenvalue weighted by Gasteiger charge is -2.28. The third-order valence-electron chi connectivity index (χ3n) is 6.82. The van der Waals surface area contributed by atoms with Crippen molar-refractivity contribution in [2.24, 2.45) is 5.41 Å². The Morgan fingerprint density at radius 3 is 1.62 bits per heavy atom. The summed E-state index contributed by atoms with van der Waals surface area (Å²) in [5.74, 6) is -1.64. The Kier molecular flexibility index (Phi) is 17.3. The highest BCUT2D eigenvalue weighted by Gasteiger charge is 2.34. The molecule has 0 aliphatic heterocycles. The highest BCUT2D eigenvalue weighted by atomic mass is 16.5. The maximum Gasteiger partial charge on any atom is 0.312 e. The van der Waals surface area contributed by atoms with Crippen LogP contribution in [0.4, 0.5) is 0 Å². The molecule has 0 bridgehead atoms. The molecule has 0 saturated heterocycles. The van der Waals surface area contributed by atoms with Gasteiger partial charge in [-0.3, -0.25) is 4.79 Å². The first-order valence-corrected chi connectivity index (χ1v) is 13.9. The second-order valence-electron chi connectivity index (χ2n) is 10.2. The molecule has 0 radical (unpaired) electrons. The Labute approximate surface area is 208 Å². The van der Waals surface area contributed by atoms with Crippen LogP contribution >= 0.6 is 0 Å². The van der Waals surface area contributed by atoms with Crippen LogP contribution < -0.4 is 5.11 Å². The van der Waals surface area contributed by atoms with Crippen molar-refractivity contribution in [3.8, 4) is 0 Å². The van der Waals surface area contributed by atoms with Gasteiger partial charge in [-0.25, -0.2) is 0 Å². The monoisotopic (exact) mass is 473 g/mol. The van der Waals surface area contributed by atoms with Crippen molar-refractivity contribution in [1.29, 1.82) is 0 Å². The van der Waals surface area contributed by atoms with Crippen molar-refractivity contribution < 1.29 is 19.4 Å².